The first-order chi connectivity index (χ1) is 10.1. The average Bonchev–Trinajstić information content (AvgIpc) is 2.45. The quantitative estimate of drug-likeness (QED) is 0.680. The number of carbonyl (C=O) groups is 1. The summed E-state index contributed by atoms with van der Waals surface area (Å²) in [6.07, 6.45) is 0. The fraction of sp³-hybridized carbons (Fsp3) is 0.133. The molecule has 4 nitrogen and oxygen atoms in total. The minimum atomic E-state index is -0.764. The molecule has 2 rings (SSSR count). The van der Waals surface area contributed by atoms with Gasteiger partial charge in [0.05, 0.1) is 5.56 Å². The Morgan fingerprint density at radius 3 is 2.43 bits per heavy atom. The van der Waals surface area contributed by atoms with Gasteiger partial charge in [-0.15, -0.1) is 0 Å². The highest BCUT2D eigenvalue weighted by molar-refractivity contribution is 5.71. The Morgan fingerprint density at radius 1 is 1.10 bits per heavy atom. The Labute approximate surface area is 120 Å². The molecule has 6 heteroatoms. The van der Waals surface area contributed by atoms with E-state index in [0.29, 0.717) is 11.4 Å². The van der Waals surface area contributed by atoms with Crippen LogP contribution in [0.4, 0.5) is 14.5 Å². The van der Waals surface area contributed by atoms with Gasteiger partial charge < -0.3 is 15.2 Å². The third-order valence-electron chi connectivity index (χ3n) is 2.65. The standard InChI is InChI=1S/C15H13F2NO3/c16-13-5-2-6-14(17)12(13)8-21-15(19)9-20-11-4-1-3-10(18)7-11/h1-7H,8-9,18H2. The lowest BCUT2D eigenvalue weighted by Crippen LogP contribution is -2.15. The highest BCUT2D eigenvalue weighted by Gasteiger charge is 2.11. The highest BCUT2D eigenvalue weighted by atomic mass is 19.1. The summed E-state index contributed by atoms with van der Waals surface area (Å²) in [5.41, 5.74) is 5.75. The summed E-state index contributed by atoms with van der Waals surface area (Å²) in [5, 5.41) is 0. The largest absolute Gasteiger partial charge is 0.482 e. The van der Waals surface area contributed by atoms with Gasteiger partial charge in [0.25, 0.3) is 0 Å². The second kappa shape index (κ2) is 6.69. The van der Waals surface area contributed by atoms with Crippen molar-refractivity contribution in [2.24, 2.45) is 0 Å². The van der Waals surface area contributed by atoms with Crippen LogP contribution in [0.3, 0.4) is 0 Å². The topological polar surface area (TPSA) is 61.5 Å². The van der Waals surface area contributed by atoms with Gasteiger partial charge in [0.2, 0.25) is 0 Å². The van der Waals surface area contributed by atoms with Crippen LogP contribution < -0.4 is 10.5 Å². The second-order valence-corrected chi connectivity index (χ2v) is 4.22. The van der Waals surface area contributed by atoms with Gasteiger partial charge in [-0.3, -0.25) is 0 Å². The summed E-state index contributed by atoms with van der Waals surface area (Å²) in [7, 11) is 0. The summed E-state index contributed by atoms with van der Waals surface area (Å²) >= 11 is 0. The molecule has 0 amide bonds. The van der Waals surface area contributed by atoms with Gasteiger partial charge in [-0.25, -0.2) is 13.6 Å². The molecule has 0 aromatic heterocycles. The smallest absolute Gasteiger partial charge is 0.344 e. The zero-order valence-electron chi connectivity index (χ0n) is 11.0. The van der Waals surface area contributed by atoms with Crippen LogP contribution in [0, 0.1) is 11.6 Å². The number of nitrogens with two attached hydrogens (primary N) is 1. The molecule has 0 bridgehead atoms. The molecular weight excluding hydrogens is 280 g/mol. The summed E-state index contributed by atoms with van der Waals surface area (Å²) in [6, 6.07) is 9.94. The molecule has 0 saturated carbocycles. The normalized spacial score (nSPS) is 10.2. The zero-order chi connectivity index (χ0) is 15.2. The van der Waals surface area contributed by atoms with Crippen LogP contribution >= 0.6 is 0 Å². The number of rotatable bonds is 5. The monoisotopic (exact) mass is 293 g/mol. The van der Waals surface area contributed by atoms with Gasteiger partial charge in [-0.2, -0.15) is 0 Å². The maximum absolute atomic E-state index is 13.3. The number of nitrogen functional groups attached to an aromatic ring is 1. The van der Waals surface area contributed by atoms with E-state index >= 15 is 0 Å². The predicted molar refractivity (Wildman–Crippen MR) is 72.5 cm³/mol. The summed E-state index contributed by atoms with van der Waals surface area (Å²) < 4.78 is 36.6. The van der Waals surface area contributed by atoms with Crippen molar-refractivity contribution in [1.29, 1.82) is 0 Å². The molecule has 0 aliphatic heterocycles. The number of esters is 1. The SMILES string of the molecule is Nc1cccc(OCC(=O)OCc2c(F)cccc2F)c1. The third kappa shape index (κ3) is 4.17. The molecular formula is C15H13F2NO3. The molecule has 0 radical (unpaired) electrons. The number of carbonyl (C=O) groups excluding carboxylic acids is 1. The molecule has 110 valence electrons. The fourth-order valence-corrected chi connectivity index (χ4v) is 1.61. The first-order valence-corrected chi connectivity index (χ1v) is 6.13. The number of hydrogen-bond donors (Lipinski definition) is 1. The van der Waals surface area contributed by atoms with Crippen LogP contribution in [-0.4, -0.2) is 12.6 Å². The van der Waals surface area contributed by atoms with Gasteiger partial charge in [0.1, 0.15) is 24.0 Å². The van der Waals surface area contributed by atoms with Crippen molar-refractivity contribution in [3.05, 3.63) is 59.7 Å². The zero-order valence-corrected chi connectivity index (χ0v) is 11.0. The van der Waals surface area contributed by atoms with E-state index in [1.165, 1.54) is 6.07 Å². The molecule has 2 aromatic rings. The van der Waals surface area contributed by atoms with Crippen LogP contribution in [0.15, 0.2) is 42.5 Å². The molecule has 2 N–H and O–H groups in total. The van der Waals surface area contributed by atoms with Crippen molar-refractivity contribution in [1.82, 2.24) is 0 Å². The predicted octanol–water partition coefficient (Wildman–Crippen LogP) is 2.67. The van der Waals surface area contributed by atoms with Gasteiger partial charge in [0, 0.05) is 11.8 Å². The fourth-order valence-electron chi connectivity index (χ4n) is 1.61. The van der Waals surface area contributed by atoms with Crippen molar-refractivity contribution < 1.29 is 23.0 Å². The van der Waals surface area contributed by atoms with Gasteiger partial charge >= 0.3 is 5.97 Å². The molecule has 0 fully saturated rings. The summed E-state index contributed by atoms with van der Waals surface area (Å²) in [5.74, 6) is -1.86. The summed E-state index contributed by atoms with van der Waals surface area (Å²) in [6.45, 7) is -0.864. The Hall–Kier alpha value is -2.63. The number of hydrogen-bond acceptors (Lipinski definition) is 4. The third-order valence-corrected chi connectivity index (χ3v) is 2.65. The van der Waals surface area contributed by atoms with Crippen molar-refractivity contribution in [3.63, 3.8) is 0 Å². The van der Waals surface area contributed by atoms with Crippen molar-refractivity contribution in [2.45, 2.75) is 6.61 Å². The van der Waals surface area contributed by atoms with E-state index in [1.54, 1.807) is 24.3 Å². The van der Waals surface area contributed by atoms with Crippen LogP contribution in [0.5, 0.6) is 5.75 Å². The lowest BCUT2D eigenvalue weighted by Gasteiger charge is -2.08. The summed E-state index contributed by atoms with van der Waals surface area (Å²) in [4.78, 5) is 11.5. The molecule has 0 heterocycles. The minimum Gasteiger partial charge on any atom is -0.482 e. The van der Waals surface area contributed by atoms with Crippen LogP contribution in [0.2, 0.25) is 0 Å². The van der Waals surface area contributed by atoms with Crippen LogP contribution in [0.1, 0.15) is 5.56 Å². The van der Waals surface area contributed by atoms with E-state index < -0.39 is 24.2 Å². The van der Waals surface area contributed by atoms with Crippen LogP contribution in [-0.2, 0) is 16.1 Å². The van der Waals surface area contributed by atoms with Crippen molar-refractivity contribution in [2.75, 3.05) is 12.3 Å². The molecule has 0 aliphatic rings. The first kappa shape index (κ1) is 14.8. The van der Waals surface area contributed by atoms with E-state index in [4.69, 9.17) is 15.2 Å². The Bertz CT molecular complexity index is 626. The Balaban J connectivity index is 1.85. The maximum atomic E-state index is 13.3. The molecule has 0 unspecified atom stereocenters. The Morgan fingerprint density at radius 2 is 1.76 bits per heavy atom. The molecule has 0 saturated heterocycles. The van der Waals surface area contributed by atoms with E-state index in [2.05, 4.69) is 0 Å². The lowest BCUT2D eigenvalue weighted by molar-refractivity contribution is -0.147. The van der Waals surface area contributed by atoms with E-state index in [9.17, 15) is 13.6 Å². The van der Waals surface area contributed by atoms with Gasteiger partial charge in [-0.05, 0) is 24.3 Å². The highest BCUT2D eigenvalue weighted by Crippen LogP contribution is 2.15. The number of halogens is 2. The van der Waals surface area contributed by atoms with Gasteiger partial charge in [0.15, 0.2) is 6.61 Å². The second-order valence-electron chi connectivity index (χ2n) is 4.22. The number of ether oxygens (including phenoxy) is 2. The first-order valence-electron chi connectivity index (χ1n) is 6.13. The molecule has 0 atom stereocenters. The van der Waals surface area contributed by atoms with E-state index in [-0.39, 0.29) is 12.2 Å². The average molecular weight is 293 g/mol. The van der Waals surface area contributed by atoms with Crippen LogP contribution in [0.25, 0.3) is 0 Å². The number of anilines is 1. The van der Waals surface area contributed by atoms with Crippen molar-refractivity contribution >= 4 is 11.7 Å². The molecule has 21 heavy (non-hydrogen) atoms. The number of benzene rings is 2. The van der Waals surface area contributed by atoms with Gasteiger partial charge in [-0.1, -0.05) is 12.1 Å². The lowest BCUT2D eigenvalue weighted by atomic mass is 10.2. The Kier molecular flexibility index (Phi) is 4.71. The maximum Gasteiger partial charge on any atom is 0.344 e. The molecule has 2 aromatic carbocycles. The molecule has 0 spiro atoms. The van der Waals surface area contributed by atoms with Crippen molar-refractivity contribution in [3.8, 4) is 5.75 Å². The van der Waals surface area contributed by atoms with E-state index in [1.807, 2.05) is 0 Å². The van der Waals surface area contributed by atoms with E-state index in [0.717, 1.165) is 12.1 Å². The molecule has 0 aliphatic carbocycles. The minimum absolute atomic E-state index is 0.296.